The highest BCUT2D eigenvalue weighted by Gasteiger charge is 2.25. The Morgan fingerprint density at radius 2 is 1.71 bits per heavy atom. The zero-order valence-corrected chi connectivity index (χ0v) is 9.86. The summed E-state index contributed by atoms with van der Waals surface area (Å²) in [5, 5.41) is 26.8. The molecule has 0 heterocycles. The molecule has 0 aliphatic heterocycles. The number of nitrogens with zero attached hydrogens (tertiary/aromatic N) is 3. The minimum Gasteiger partial charge on any atom is -0.192 e. The van der Waals surface area contributed by atoms with Crippen molar-refractivity contribution in [2.75, 3.05) is 6.61 Å². The van der Waals surface area contributed by atoms with Crippen molar-refractivity contribution in [2.45, 2.75) is 6.92 Å². The van der Waals surface area contributed by atoms with E-state index in [1.807, 2.05) is 0 Å². The molecule has 5 nitrogen and oxygen atoms in total. The molecule has 0 amide bonds. The van der Waals surface area contributed by atoms with Crippen LogP contribution < -0.4 is 5.30 Å². The van der Waals surface area contributed by atoms with Gasteiger partial charge in [0.1, 0.15) is 24.8 Å². The minimum atomic E-state index is -2.10. The molecular formula is C11H7N3O2P+. The van der Waals surface area contributed by atoms with Gasteiger partial charge in [0.15, 0.2) is 0 Å². The number of hydrogen-bond acceptors (Lipinski definition) is 5. The van der Waals surface area contributed by atoms with Crippen LogP contribution in [0.25, 0.3) is 0 Å². The molecule has 0 spiro atoms. The van der Waals surface area contributed by atoms with Gasteiger partial charge in [-0.05, 0) is 11.5 Å². The van der Waals surface area contributed by atoms with Gasteiger partial charge in [-0.2, -0.15) is 15.8 Å². The Kier molecular flexibility index (Phi) is 4.32. The maximum atomic E-state index is 11.6. The summed E-state index contributed by atoms with van der Waals surface area (Å²) in [7, 11) is -2.10. The first-order chi connectivity index (χ1) is 8.17. The molecule has 6 heteroatoms. The molecule has 1 atom stereocenters. The van der Waals surface area contributed by atoms with Gasteiger partial charge < -0.3 is 0 Å². The SMILES string of the molecule is CCO[P+](=O)c1cc(C#N)c(C#N)c(C#N)c1. The molecule has 0 N–H and O–H groups in total. The zero-order chi connectivity index (χ0) is 12.8. The van der Waals surface area contributed by atoms with Crippen LogP contribution in [0.15, 0.2) is 12.1 Å². The molecule has 0 fully saturated rings. The van der Waals surface area contributed by atoms with Crippen molar-refractivity contribution in [3.05, 3.63) is 28.8 Å². The lowest BCUT2D eigenvalue weighted by molar-refractivity contribution is 0.357. The average Bonchev–Trinajstić information content (AvgIpc) is 2.37. The summed E-state index contributed by atoms with van der Waals surface area (Å²) < 4.78 is 16.5. The van der Waals surface area contributed by atoms with E-state index in [4.69, 9.17) is 20.3 Å². The summed E-state index contributed by atoms with van der Waals surface area (Å²) in [6, 6.07) is 8.01. The Bertz CT molecular complexity index is 555. The number of rotatable bonds is 3. The summed E-state index contributed by atoms with van der Waals surface area (Å²) in [5.74, 6) is 0. The molecule has 1 unspecified atom stereocenters. The fraction of sp³-hybridized carbons (Fsp3) is 0.182. The molecule has 1 rings (SSSR count). The van der Waals surface area contributed by atoms with Crippen LogP contribution in [-0.4, -0.2) is 6.61 Å². The van der Waals surface area contributed by atoms with Crippen molar-refractivity contribution in [1.29, 1.82) is 15.8 Å². The third-order valence-electron chi connectivity index (χ3n) is 1.93. The van der Waals surface area contributed by atoms with Crippen molar-refractivity contribution >= 4 is 13.3 Å². The maximum Gasteiger partial charge on any atom is 0.548 e. The quantitative estimate of drug-likeness (QED) is 0.753. The Morgan fingerprint density at radius 1 is 1.18 bits per heavy atom. The summed E-state index contributed by atoms with van der Waals surface area (Å²) in [4.78, 5) is 0. The van der Waals surface area contributed by atoms with Gasteiger partial charge in [-0.1, -0.05) is 0 Å². The van der Waals surface area contributed by atoms with Gasteiger partial charge in [-0.3, -0.25) is 0 Å². The topological polar surface area (TPSA) is 97.7 Å². The Labute approximate surface area is 99.3 Å². The minimum absolute atomic E-state index is 0.00125. The van der Waals surface area contributed by atoms with Crippen molar-refractivity contribution in [3.63, 3.8) is 0 Å². The third kappa shape index (κ3) is 2.65. The molecule has 0 aliphatic rings. The second-order valence-corrected chi connectivity index (χ2v) is 4.22. The van der Waals surface area contributed by atoms with Gasteiger partial charge in [0.2, 0.25) is 5.30 Å². The Balaban J connectivity index is 3.41. The van der Waals surface area contributed by atoms with E-state index in [-0.39, 0.29) is 28.6 Å². The predicted octanol–water partition coefficient (Wildman–Crippen LogP) is 1.71. The summed E-state index contributed by atoms with van der Waals surface area (Å²) in [5.41, 5.74) is 0.0628. The van der Waals surface area contributed by atoms with E-state index in [1.165, 1.54) is 12.1 Å². The largest absolute Gasteiger partial charge is 0.548 e. The molecule has 1 aromatic carbocycles. The molecule has 0 radical (unpaired) electrons. The van der Waals surface area contributed by atoms with Crippen LogP contribution in [0.3, 0.4) is 0 Å². The molecule has 0 bridgehead atoms. The van der Waals surface area contributed by atoms with Crippen LogP contribution >= 0.6 is 8.03 Å². The standard InChI is InChI=1S/C11H7N3O2P/c1-2-16-17(15)10-3-8(5-12)11(7-14)9(4-10)6-13/h3-4H,2H2,1H3/q+1. The van der Waals surface area contributed by atoms with Crippen LogP contribution in [-0.2, 0) is 9.09 Å². The number of hydrogen-bond donors (Lipinski definition) is 0. The molecule has 17 heavy (non-hydrogen) atoms. The van der Waals surface area contributed by atoms with E-state index in [1.54, 1.807) is 25.1 Å². The average molecular weight is 244 g/mol. The molecular weight excluding hydrogens is 237 g/mol. The fourth-order valence-corrected chi connectivity index (χ4v) is 2.07. The van der Waals surface area contributed by atoms with Crippen molar-refractivity contribution in [2.24, 2.45) is 0 Å². The lowest BCUT2D eigenvalue weighted by Crippen LogP contribution is -2.04. The van der Waals surface area contributed by atoms with E-state index >= 15 is 0 Å². The van der Waals surface area contributed by atoms with E-state index in [0.717, 1.165) is 0 Å². The molecule has 0 saturated carbocycles. The van der Waals surface area contributed by atoms with E-state index in [2.05, 4.69) is 0 Å². The lowest BCUT2D eigenvalue weighted by Gasteiger charge is -1.96. The number of nitriles is 3. The summed E-state index contributed by atoms with van der Waals surface area (Å²) in [6.45, 7) is 1.95. The van der Waals surface area contributed by atoms with E-state index in [0.29, 0.717) is 0 Å². The Morgan fingerprint density at radius 3 is 2.06 bits per heavy atom. The second-order valence-electron chi connectivity index (χ2n) is 2.93. The maximum absolute atomic E-state index is 11.6. The van der Waals surface area contributed by atoms with Crippen LogP contribution in [0.5, 0.6) is 0 Å². The molecule has 1 aromatic rings. The predicted molar refractivity (Wildman–Crippen MR) is 59.5 cm³/mol. The van der Waals surface area contributed by atoms with Gasteiger partial charge >= 0.3 is 8.03 Å². The molecule has 0 aliphatic carbocycles. The van der Waals surface area contributed by atoms with Gasteiger partial charge in [0, 0.05) is 12.1 Å². The Hall–Kier alpha value is -2.25. The zero-order valence-electron chi connectivity index (χ0n) is 8.97. The first kappa shape index (κ1) is 12.8. The highest BCUT2D eigenvalue weighted by atomic mass is 31.1. The van der Waals surface area contributed by atoms with Gasteiger partial charge in [0.05, 0.1) is 16.7 Å². The summed E-state index contributed by atoms with van der Waals surface area (Å²) >= 11 is 0. The van der Waals surface area contributed by atoms with Crippen molar-refractivity contribution in [3.8, 4) is 18.2 Å². The lowest BCUT2D eigenvalue weighted by atomic mass is 10.0. The summed E-state index contributed by atoms with van der Waals surface area (Å²) in [6.07, 6.45) is 0. The van der Waals surface area contributed by atoms with Crippen molar-refractivity contribution in [1.82, 2.24) is 0 Å². The second kappa shape index (κ2) is 5.73. The van der Waals surface area contributed by atoms with Crippen LogP contribution in [0.4, 0.5) is 0 Å². The van der Waals surface area contributed by atoms with E-state index < -0.39 is 8.03 Å². The third-order valence-corrected chi connectivity index (χ3v) is 3.11. The van der Waals surface area contributed by atoms with E-state index in [9.17, 15) is 4.57 Å². The highest BCUT2D eigenvalue weighted by molar-refractivity contribution is 7.48. The van der Waals surface area contributed by atoms with Crippen LogP contribution in [0.2, 0.25) is 0 Å². The van der Waals surface area contributed by atoms with Gasteiger partial charge in [0.25, 0.3) is 0 Å². The molecule has 0 aromatic heterocycles. The normalized spacial score (nSPS) is 9.88. The van der Waals surface area contributed by atoms with Crippen LogP contribution in [0, 0.1) is 34.0 Å². The monoisotopic (exact) mass is 244 g/mol. The number of benzene rings is 1. The van der Waals surface area contributed by atoms with Crippen LogP contribution in [0.1, 0.15) is 23.6 Å². The van der Waals surface area contributed by atoms with Gasteiger partial charge in [-0.25, -0.2) is 0 Å². The van der Waals surface area contributed by atoms with Crippen molar-refractivity contribution < 1.29 is 9.09 Å². The molecule has 0 saturated heterocycles. The highest BCUT2D eigenvalue weighted by Crippen LogP contribution is 2.24. The first-order valence-corrected chi connectivity index (χ1v) is 5.84. The smallest absolute Gasteiger partial charge is 0.192 e. The molecule has 82 valence electrons. The first-order valence-electron chi connectivity index (χ1n) is 4.66. The van der Waals surface area contributed by atoms with Gasteiger partial charge in [-0.15, -0.1) is 4.52 Å². The fourth-order valence-electron chi connectivity index (χ4n) is 1.22.